The number of carbonyl (C=O) groups is 1. The van der Waals surface area contributed by atoms with Gasteiger partial charge in [0, 0.05) is 5.92 Å². The van der Waals surface area contributed by atoms with Crippen LogP contribution < -0.4 is 0 Å². The molecule has 1 rings (SSSR count). The van der Waals surface area contributed by atoms with Crippen molar-refractivity contribution in [2.75, 3.05) is 7.11 Å². The number of Topliss-reactive ketones (excluding diaryl/α,β-unsaturated/α-hetero) is 1. The summed E-state index contributed by atoms with van der Waals surface area (Å²) in [5.41, 5.74) is -0.0978. The van der Waals surface area contributed by atoms with Crippen LogP contribution in [0.2, 0.25) is 0 Å². The SMILES string of the molecule is CO/N=C(\C#N)C(=O)C1CCCCC1. The minimum absolute atomic E-state index is 0.0164. The fourth-order valence-electron chi connectivity index (χ4n) is 1.77. The highest BCUT2D eigenvalue weighted by Gasteiger charge is 2.25. The van der Waals surface area contributed by atoms with Crippen molar-refractivity contribution in [3.63, 3.8) is 0 Å². The van der Waals surface area contributed by atoms with Crippen LogP contribution in [-0.2, 0) is 9.63 Å². The molecule has 0 aliphatic heterocycles. The topological polar surface area (TPSA) is 62.4 Å². The van der Waals surface area contributed by atoms with Crippen LogP contribution >= 0.6 is 0 Å². The number of ketones is 1. The van der Waals surface area contributed by atoms with Crippen LogP contribution in [0.5, 0.6) is 0 Å². The van der Waals surface area contributed by atoms with E-state index in [9.17, 15) is 4.79 Å². The molecule has 0 amide bonds. The van der Waals surface area contributed by atoms with Crippen molar-refractivity contribution in [3.05, 3.63) is 0 Å². The number of nitrogens with zero attached hydrogens (tertiary/aromatic N) is 2. The summed E-state index contributed by atoms with van der Waals surface area (Å²) in [6.07, 6.45) is 5.09. The van der Waals surface area contributed by atoms with Crippen LogP contribution in [-0.4, -0.2) is 18.6 Å². The Labute approximate surface area is 83.5 Å². The molecule has 0 bridgehead atoms. The van der Waals surface area contributed by atoms with Gasteiger partial charge in [-0.2, -0.15) is 5.26 Å². The Hall–Kier alpha value is -1.37. The number of oxime groups is 1. The van der Waals surface area contributed by atoms with Crippen molar-refractivity contribution >= 4 is 11.5 Å². The molecular weight excluding hydrogens is 180 g/mol. The first-order valence-electron chi connectivity index (χ1n) is 4.85. The van der Waals surface area contributed by atoms with E-state index in [2.05, 4.69) is 9.99 Å². The first-order valence-corrected chi connectivity index (χ1v) is 4.85. The van der Waals surface area contributed by atoms with Crippen LogP contribution in [0.15, 0.2) is 5.16 Å². The van der Waals surface area contributed by atoms with E-state index in [1.807, 2.05) is 0 Å². The van der Waals surface area contributed by atoms with E-state index >= 15 is 0 Å². The molecule has 4 heteroatoms. The minimum atomic E-state index is -0.158. The lowest BCUT2D eigenvalue weighted by atomic mass is 9.85. The van der Waals surface area contributed by atoms with Gasteiger partial charge in [-0.05, 0) is 12.8 Å². The minimum Gasteiger partial charge on any atom is -0.398 e. The van der Waals surface area contributed by atoms with E-state index in [0.717, 1.165) is 25.7 Å². The second-order valence-corrected chi connectivity index (χ2v) is 3.43. The maximum absolute atomic E-state index is 11.7. The van der Waals surface area contributed by atoms with Crippen molar-refractivity contribution in [2.24, 2.45) is 11.1 Å². The van der Waals surface area contributed by atoms with Gasteiger partial charge in [-0.1, -0.05) is 24.4 Å². The molecule has 1 aliphatic carbocycles. The van der Waals surface area contributed by atoms with Crippen molar-refractivity contribution in [2.45, 2.75) is 32.1 Å². The van der Waals surface area contributed by atoms with E-state index in [-0.39, 0.29) is 17.4 Å². The number of nitriles is 1. The largest absolute Gasteiger partial charge is 0.398 e. The molecule has 0 heterocycles. The molecule has 76 valence electrons. The Kier molecular flexibility index (Phi) is 4.11. The fraction of sp³-hybridized carbons (Fsp3) is 0.700. The lowest BCUT2D eigenvalue weighted by Crippen LogP contribution is -2.24. The van der Waals surface area contributed by atoms with Gasteiger partial charge >= 0.3 is 0 Å². The molecule has 0 N–H and O–H groups in total. The van der Waals surface area contributed by atoms with Gasteiger partial charge in [0.15, 0.2) is 5.78 Å². The summed E-state index contributed by atoms with van der Waals surface area (Å²) in [5, 5.41) is 12.1. The van der Waals surface area contributed by atoms with E-state index in [4.69, 9.17) is 5.26 Å². The predicted molar refractivity (Wildman–Crippen MR) is 51.6 cm³/mol. The number of hydrogen-bond acceptors (Lipinski definition) is 4. The van der Waals surface area contributed by atoms with E-state index < -0.39 is 0 Å². The summed E-state index contributed by atoms with van der Waals surface area (Å²) in [7, 11) is 1.34. The van der Waals surface area contributed by atoms with Crippen LogP contribution in [0.3, 0.4) is 0 Å². The highest BCUT2D eigenvalue weighted by Crippen LogP contribution is 2.24. The second-order valence-electron chi connectivity index (χ2n) is 3.43. The van der Waals surface area contributed by atoms with Gasteiger partial charge < -0.3 is 4.84 Å². The van der Waals surface area contributed by atoms with Crippen LogP contribution in [0.25, 0.3) is 0 Å². The molecule has 0 atom stereocenters. The summed E-state index contributed by atoms with van der Waals surface area (Å²) in [4.78, 5) is 16.1. The molecule has 0 unspecified atom stereocenters. The van der Waals surface area contributed by atoms with Crippen LogP contribution in [0, 0.1) is 17.2 Å². The summed E-state index contributed by atoms with van der Waals surface area (Å²) in [5.74, 6) is -0.175. The average Bonchev–Trinajstić information content (AvgIpc) is 2.26. The lowest BCUT2D eigenvalue weighted by Gasteiger charge is -2.18. The van der Waals surface area contributed by atoms with Crippen molar-refractivity contribution < 1.29 is 9.63 Å². The van der Waals surface area contributed by atoms with Crippen LogP contribution in [0.4, 0.5) is 0 Å². The Morgan fingerprint density at radius 3 is 2.57 bits per heavy atom. The Balaban J connectivity index is 2.63. The monoisotopic (exact) mass is 194 g/mol. The van der Waals surface area contributed by atoms with Gasteiger partial charge in [0.25, 0.3) is 0 Å². The third kappa shape index (κ3) is 2.56. The molecule has 0 spiro atoms. The smallest absolute Gasteiger partial charge is 0.222 e. The fourth-order valence-corrected chi connectivity index (χ4v) is 1.77. The van der Waals surface area contributed by atoms with E-state index in [1.54, 1.807) is 6.07 Å². The summed E-state index contributed by atoms with van der Waals surface area (Å²) in [6.45, 7) is 0. The number of carbonyl (C=O) groups excluding carboxylic acids is 1. The summed E-state index contributed by atoms with van der Waals surface area (Å²) in [6, 6.07) is 1.78. The lowest BCUT2D eigenvalue weighted by molar-refractivity contribution is -0.117. The first kappa shape index (κ1) is 10.7. The number of hydrogen-bond donors (Lipinski definition) is 0. The maximum Gasteiger partial charge on any atom is 0.222 e. The normalized spacial score (nSPS) is 18.7. The van der Waals surface area contributed by atoms with Gasteiger partial charge in [-0.25, -0.2) is 0 Å². The third-order valence-corrected chi connectivity index (χ3v) is 2.50. The quantitative estimate of drug-likeness (QED) is 0.507. The van der Waals surface area contributed by atoms with Crippen molar-refractivity contribution in [3.8, 4) is 6.07 Å². The van der Waals surface area contributed by atoms with Gasteiger partial charge in [0.2, 0.25) is 5.71 Å². The van der Waals surface area contributed by atoms with E-state index in [1.165, 1.54) is 13.5 Å². The Morgan fingerprint density at radius 2 is 2.07 bits per heavy atom. The molecule has 1 saturated carbocycles. The first-order chi connectivity index (χ1) is 6.79. The molecule has 0 aromatic rings. The molecule has 0 radical (unpaired) electrons. The van der Waals surface area contributed by atoms with Gasteiger partial charge in [-0.3, -0.25) is 4.79 Å². The van der Waals surface area contributed by atoms with Crippen molar-refractivity contribution in [1.29, 1.82) is 5.26 Å². The van der Waals surface area contributed by atoms with Crippen molar-refractivity contribution in [1.82, 2.24) is 0 Å². The molecular formula is C10H14N2O2. The average molecular weight is 194 g/mol. The molecule has 1 fully saturated rings. The molecule has 14 heavy (non-hydrogen) atoms. The molecule has 4 nitrogen and oxygen atoms in total. The molecule has 0 aromatic carbocycles. The summed E-state index contributed by atoms with van der Waals surface area (Å²) < 4.78 is 0. The standard InChI is InChI=1S/C10H14N2O2/c1-14-12-9(7-11)10(13)8-5-3-2-4-6-8/h8H,2-6H2,1H3/b12-9+. The van der Waals surface area contributed by atoms with Gasteiger partial charge in [-0.15, -0.1) is 0 Å². The molecule has 1 aliphatic rings. The Bertz CT molecular complexity index is 272. The highest BCUT2D eigenvalue weighted by molar-refractivity contribution is 6.46. The number of rotatable bonds is 3. The second kappa shape index (κ2) is 5.38. The zero-order chi connectivity index (χ0) is 10.4. The van der Waals surface area contributed by atoms with Gasteiger partial charge in [0.1, 0.15) is 13.2 Å². The van der Waals surface area contributed by atoms with E-state index in [0.29, 0.717) is 0 Å². The van der Waals surface area contributed by atoms with Crippen LogP contribution in [0.1, 0.15) is 32.1 Å². The maximum atomic E-state index is 11.7. The zero-order valence-electron chi connectivity index (χ0n) is 8.32. The van der Waals surface area contributed by atoms with Gasteiger partial charge in [0.05, 0.1) is 0 Å². The third-order valence-electron chi connectivity index (χ3n) is 2.50. The highest BCUT2D eigenvalue weighted by atomic mass is 16.6. The summed E-state index contributed by atoms with van der Waals surface area (Å²) >= 11 is 0. The predicted octanol–water partition coefficient (Wildman–Crippen LogP) is 1.66. The Morgan fingerprint density at radius 1 is 1.43 bits per heavy atom. The molecule has 0 saturated heterocycles. The zero-order valence-corrected chi connectivity index (χ0v) is 8.32. The molecule has 0 aromatic heterocycles.